The number of alkyl halides is 3. The Hall–Kier alpha value is -2.03. The fourth-order valence-corrected chi connectivity index (χ4v) is 4.42. The maximum Gasteiger partial charge on any atom is 0.416 e. The van der Waals surface area contributed by atoms with Gasteiger partial charge in [0.2, 0.25) is 15.9 Å². The molecule has 0 spiro atoms. The molecule has 1 aliphatic carbocycles. The van der Waals surface area contributed by atoms with Crippen molar-refractivity contribution < 1.29 is 26.4 Å². The highest BCUT2D eigenvalue weighted by Crippen LogP contribution is 2.32. The lowest BCUT2D eigenvalue weighted by molar-refractivity contribution is -0.137. The normalized spacial score (nSPS) is 16.2. The molecule has 2 rings (SSSR count). The second-order valence-corrected chi connectivity index (χ2v) is 8.79. The molecule has 0 fully saturated rings. The number of amides is 1. The Morgan fingerprint density at radius 2 is 2.00 bits per heavy atom. The van der Waals surface area contributed by atoms with Gasteiger partial charge in [0.25, 0.3) is 0 Å². The number of halogens is 3. The Labute approximate surface area is 163 Å². The van der Waals surface area contributed by atoms with Crippen molar-refractivity contribution in [3.05, 3.63) is 41.5 Å². The van der Waals surface area contributed by atoms with Crippen molar-refractivity contribution in [3.63, 3.8) is 0 Å². The molecule has 0 bridgehead atoms. The summed E-state index contributed by atoms with van der Waals surface area (Å²) < 4.78 is 64.1. The number of benzene rings is 1. The summed E-state index contributed by atoms with van der Waals surface area (Å²) in [5.41, 5.74) is 0.0857. The number of anilines is 1. The molecule has 0 saturated heterocycles. The van der Waals surface area contributed by atoms with Crippen LogP contribution in [0, 0.1) is 0 Å². The van der Waals surface area contributed by atoms with Crippen LogP contribution in [-0.2, 0) is 21.0 Å². The van der Waals surface area contributed by atoms with Gasteiger partial charge in [-0.25, -0.2) is 8.42 Å². The number of hydrogen-bond acceptors (Lipinski definition) is 3. The maximum absolute atomic E-state index is 13.0. The van der Waals surface area contributed by atoms with Gasteiger partial charge in [0.05, 0.1) is 17.5 Å². The second kappa shape index (κ2) is 8.98. The standard InChI is InChI=1S/C19H25F3N2O3S/c1-14(18(25)23-12-11-15-7-4-3-5-8-15)24(28(2,26)27)17-10-6-9-16(13-17)19(20,21)22/h6-7,9-10,13-14H,3-5,8,11-12H2,1-2H3,(H,23,25). The summed E-state index contributed by atoms with van der Waals surface area (Å²) in [5.74, 6) is -0.556. The largest absolute Gasteiger partial charge is 0.416 e. The fourth-order valence-electron chi connectivity index (χ4n) is 3.25. The van der Waals surface area contributed by atoms with Crippen molar-refractivity contribution >= 4 is 21.6 Å². The van der Waals surface area contributed by atoms with Crippen LogP contribution in [0.4, 0.5) is 18.9 Å². The average Bonchev–Trinajstić information content (AvgIpc) is 2.61. The zero-order chi connectivity index (χ0) is 20.9. The van der Waals surface area contributed by atoms with E-state index in [9.17, 15) is 26.4 Å². The number of carbonyl (C=O) groups excluding carboxylic acids is 1. The van der Waals surface area contributed by atoms with E-state index in [1.807, 2.05) is 0 Å². The lowest BCUT2D eigenvalue weighted by atomic mass is 9.97. The minimum absolute atomic E-state index is 0.199. The Kier molecular flexibility index (Phi) is 7.14. The Morgan fingerprint density at radius 1 is 1.29 bits per heavy atom. The summed E-state index contributed by atoms with van der Waals surface area (Å²) in [7, 11) is -3.98. The van der Waals surface area contributed by atoms with Gasteiger partial charge < -0.3 is 5.32 Å². The third-order valence-corrected chi connectivity index (χ3v) is 5.89. The van der Waals surface area contributed by atoms with Crippen LogP contribution in [0.3, 0.4) is 0 Å². The molecule has 0 heterocycles. The van der Waals surface area contributed by atoms with Crippen molar-refractivity contribution in [2.45, 2.75) is 51.2 Å². The third-order valence-electron chi connectivity index (χ3n) is 4.65. The zero-order valence-corrected chi connectivity index (χ0v) is 16.7. The smallest absolute Gasteiger partial charge is 0.354 e. The van der Waals surface area contributed by atoms with Gasteiger partial charge in [-0.3, -0.25) is 9.10 Å². The Bertz CT molecular complexity index is 835. The molecular formula is C19H25F3N2O3S. The van der Waals surface area contributed by atoms with Gasteiger partial charge in [-0.05, 0) is 57.2 Å². The van der Waals surface area contributed by atoms with Crippen LogP contribution >= 0.6 is 0 Å². The summed E-state index contributed by atoms with van der Waals surface area (Å²) in [6, 6.07) is 2.77. The van der Waals surface area contributed by atoms with Crippen LogP contribution in [0.25, 0.3) is 0 Å². The number of rotatable bonds is 7. The first-order chi connectivity index (χ1) is 13.0. The van der Waals surface area contributed by atoms with E-state index in [1.54, 1.807) is 0 Å². The highest BCUT2D eigenvalue weighted by Gasteiger charge is 2.34. The summed E-state index contributed by atoms with van der Waals surface area (Å²) in [6.07, 6.45) is 3.39. The van der Waals surface area contributed by atoms with Crippen molar-refractivity contribution in [1.29, 1.82) is 0 Å². The highest BCUT2D eigenvalue weighted by molar-refractivity contribution is 7.92. The van der Waals surface area contributed by atoms with E-state index in [0.29, 0.717) is 13.0 Å². The van der Waals surface area contributed by atoms with Crippen LogP contribution in [0.15, 0.2) is 35.9 Å². The summed E-state index contributed by atoms with van der Waals surface area (Å²) >= 11 is 0. The van der Waals surface area contributed by atoms with E-state index in [0.717, 1.165) is 54.4 Å². The van der Waals surface area contributed by atoms with Gasteiger partial charge in [0.15, 0.2) is 0 Å². The predicted molar refractivity (Wildman–Crippen MR) is 102 cm³/mol. The maximum atomic E-state index is 13.0. The molecule has 0 aliphatic heterocycles. The van der Waals surface area contributed by atoms with Gasteiger partial charge in [-0.15, -0.1) is 0 Å². The molecule has 1 amide bonds. The molecule has 1 N–H and O–H groups in total. The van der Waals surface area contributed by atoms with Crippen molar-refractivity contribution in [3.8, 4) is 0 Å². The molecule has 1 aliphatic rings. The van der Waals surface area contributed by atoms with Crippen molar-refractivity contribution in [2.24, 2.45) is 0 Å². The molecule has 0 aromatic heterocycles. The first kappa shape index (κ1) is 22.3. The van der Waals surface area contributed by atoms with Crippen LogP contribution in [0.1, 0.15) is 44.6 Å². The first-order valence-electron chi connectivity index (χ1n) is 9.12. The van der Waals surface area contributed by atoms with E-state index in [4.69, 9.17) is 0 Å². The van der Waals surface area contributed by atoms with Gasteiger partial charge in [0.1, 0.15) is 6.04 Å². The summed E-state index contributed by atoms with van der Waals surface area (Å²) in [4.78, 5) is 12.5. The van der Waals surface area contributed by atoms with Crippen LogP contribution in [0.5, 0.6) is 0 Å². The fraction of sp³-hybridized carbons (Fsp3) is 0.526. The lowest BCUT2D eigenvalue weighted by Crippen LogP contribution is -2.48. The monoisotopic (exact) mass is 418 g/mol. The Balaban J connectivity index is 2.14. The van der Waals surface area contributed by atoms with E-state index in [2.05, 4.69) is 11.4 Å². The van der Waals surface area contributed by atoms with Crippen LogP contribution < -0.4 is 9.62 Å². The molecule has 0 saturated carbocycles. The van der Waals surface area contributed by atoms with Gasteiger partial charge in [0, 0.05) is 6.54 Å². The molecule has 1 aromatic carbocycles. The zero-order valence-electron chi connectivity index (χ0n) is 15.9. The number of allylic oxidation sites excluding steroid dienone is 1. The number of carbonyl (C=O) groups is 1. The summed E-state index contributed by atoms with van der Waals surface area (Å²) in [6.45, 7) is 1.71. The summed E-state index contributed by atoms with van der Waals surface area (Å²) in [5, 5.41) is 2.69. The molecule has 9 heteroatoms. The van der Waals surface area contributed by atoms with E-state index < -0.39 is 33.7 Å². The van der Waals surface area contributed by atoms with Crippen LogP contribution in [-0.4, -0.2) is 33.2 Å². The van der Waals surface area contributed by atoms with Gasteiger partial charge in [-0.2, -0.15) is 13.2 Å². The minimum Gasteiger partial charge on any atom is -0.354 e. The highest BCUT2D eigenvalue weighted by atomic mass is 32.2. The quantitative estimate of drug-likeness (QED) is 0.684. The SMILES string of the molecule is CC(C(=O)NCCC1=CCCCC1)N(c1cccc(C(F)(F)F)c1)S(C)(=O)=O. The van der Waals surface area contributed by atoms with Crippen LogP contribution in [0.2, 0.25) is 0 Å². The van der Waals surface area contributed by atoms with Gasteiger partial charge >= 0.3 is 6.18 Å². The molecule has 156 valence electrons. The van der Waals surface area contributed by atoms with Crippen molar-refractivity contribution in [2.75, 3.05) is 17.1 Å². The van der Waals surface area contributed by atoms with Crippen molar-refractivity contribution in [1.82, 2.24) is 5.32 Å². The first-order valence-corrected chi connectivity index (χ1v) is 11.0. The molecule has 1 unspecified atom stereocenters. The molecule has 28 heavy (non-hydrogen) atoms. The van der Waals surface area contributed by atoms with E-state index >= 15 is 0 Å². The number of nitrogens with zero attached hydrogens (tertiary/aromatic N) is 1. The molecule has 5 nitrogen and oxygen atoms in total. The minimum atomic E-state index is -4.61. The Morgan fingerprint density at radius 3 is 2.57 bits per heavy atom. The van der Waals surface area contributed by atoms with Gasteiger partial charge in [-0.1, -0.05) is 17.7 Å². The molecule has 1 atom stereocenters. The number of hydrogen-bond donors (Lipinski definition) is 1. The molecule has 0 radical (unpaired) electrons. The number of nitrogens with one attached hydrogen (secondary N) is 1. The lowest BCUT2D eigenvalue weighted by Gasteiger charge is -2.28. The molecule has 1 aromatic rings. The molecular weight excluding hydrogens is 393 g/mol. The van der Waals surface area contributed by atoms with E-state index in [-0.39, 0.29) is 5.69 Å². The topological polar surface area (TPSA) is 66.5 Å². The van der Waals surface area contributed by atoms with E-state index in [1.165, 1.54) is 18.6 Å². The third kappa shape index (κ3) is 5.98. The predicted octanol–water partition coefficient (Wildman–Crippen LogP) is 3.87. The average molecular weight is 418 g/mol. The second-order valence-electron chi connectivity index (χ2n) is 6.93. The number of sulfonamides is 1.